The van der Waals surface area contributed by atoms with Gasteiger partial charge in [-0.3, -0.25) is 10.3 Å². The van der Waals surface area contributed by atoms with Crippen LogP contribution in [0.25, 0.3) is 0 Å². The fourth-order valence-corrected chi connectivity index (χ4v) is 4.22. The van der Waals surface area contributed by atoms with Gasteiger partial charge in [-0.1, -0.05) is 78.9 Å². The van der Waals surface area contributed by atoms with Crippen molar-refractivity contribution in [2.24, 2.45) is 0 Å². The first-order valence-corrected chi connectivity index (χ1v) is 11.9. The minimum absolute atomic E-state index is 0.513. The van der Waals surface area contributed by atoms with E-state index in [-0.39, 0.29) is 0 Å². The Labute approximate surface area is 211 Å². The topological polar surface area (TPSA) is 62.8 Å². The molecule has 0 saturated carbocycles. The summed E-state index contributed by atoms with van der Waals surface area (Å²) in [6, 6.07) is 35.7. The van der Waals surface area contributed by atoms with Gasteiger partial charge in [0.05, 0.1) is 5.69 Å². The number of carbonyl (C=O) groups is 1. The number of amides is 1. The molecule has 0 aromatic heterocycles. The van der Waals surface area contributed by atoms with Crippen molar-refractivity contribution in [3.05, 3.63) is 120 Å². The first kappa shape index (κ1) is 23.5. The van der Waals surface area contributed by atoms with E-state index >= 15 is 0 Å². The molecule has 0 fully saturated rings. The fraction of sp³-hybridized carbons (Fsp3) is 0.167. The maximum Gasteiger partial charge on any atom is 0.412 e. The van der Waals surface area contributed by atoms with Gasteiger partial charge in [-0.2, -0.15) is 5.43 Å². The Kier molecular flexibility index (Phi) is 6.12. The SMILES string of the molecule is CC(C)(C)OC(=O)Nc1ccc2c(c1)N(c1ccccc1)NC(c1ccccc1)(c1ccccc1)O2. The number of para-hydroxylation sites is 1. The molecule has 6 nitrogen and oxygen atoms in total. The van der Waals surface area contributed by atoms with Gasteiger partial charge < -0.3 is 9.47 Å². The lowest BCUT2D eigenvalue weighted by Gasteiger charge is -2.46. The summed E-state index contributed by atoms with van der Waals surface area (Å²) in [6.45, 7) is 5.50. The normalized spacial score (nSPS) is 14.4. The van der Waals surface area contributed by atoms with Gasteiger partial charge in [0.1, 0.15) is 17.0 Å². The summed E-state index contributed by atoms with van der Waals surface area (Å²) in [5, 5.41) is 4.83. The van der Waals surface area contributed by atoms with E-state index in [1.165, 1.54) is 0 Å². The summed E-state index contributed by atoms with van der Waals surface area (Å²) in [5.74, 6) is 0.667. The predicted molar refractivity (Wildman–Crippen MR) is 142 cm³/mol. The molecule has 1 heterocycles. The van der Waals surface area contributed by atoms with E-state index in [9.17, 15) is 4.79 Å². The van der Waals surface area contributed by atoms with E-state index < -0.39 is 17.4 Å². The molecule has 1 aliphatic rings. The molecular weight excluding hydrogens is 450 g/mol. The molecule has 0 radical (unpaired) electrons. The second-order valence-corrected chi connectivity index (χ2v) is 9.61. The first-order valence-electron chi connectivity index (χ1n) is 11.9. The van der Waals surface area contributed by atoms with Crippen molar-refractivity contribution in [3.8, 4) is 5.75 Å². The standard InChI is InChI=1S/C30H29N3O3/c1-29(2,3)36-28(34)31-24-19-20-27-26(21-24)33(25-17-11-6-12-18-25)32-30(35-27,22-13-7-4-8-14-22)23-15-9-5-10-16-23/h4-21,32H,1-3H3,(H,31,34). The highest BCUT2D eigenvalue weighted by atomic mass is 16.6. The van der Waals surface area contributed by atoms with E-state index in [0.717, 1.165) is 22.5 Å². The zero-order chi connectivity index (χ0) is 25.2. The van der Waals surface area contributed by atoms with Gasteiger partial charge in [-0.25, -0.2) is 4.79 Å². The molecule has 5 rings (SSSR count). The molecule has 0 unspecified atom stereocenters. The Morgan fingerprint density at radius 3 is 1.94 bits per heavy atom. The van der Waals surface area contributed by atoms with Crippen LogP contribution in [0.2, 0.25) is 0 Å². The lowest BCUT2D eigenvalue weighted by Crippen LogP contribution is -2.58. The molecule has 0 aliphatic carbocycles. The molecule has 6 heteroatoms. The number of nitrogens with one attached hydrogen (secondary N) is 2. The van der Waals surface area contributed by atoms with Crippen LogP contribution in [0.15, 0.2) is 109 Å². The number of rotatable bonds is 4. The third-order valence-electron chi connectivity index (χ3n) is 5.75. The van der Waals surface area contributed by atoms with Crippen LogP contribution in [0, 0.1) is 0 Å². The van der Waals surface area contributed by atoms with Crippen molar-refractivity contribution in [3.63, 3.8) is 0 Å². The molecule has 0 bridgehead atoms. The van der Waals surface area contributed by atoms with Gasteiger partial charge in [0.15, 0.2) is 0 Å². The number of fused-ring (bicyclic) bond motifs is 1. The summed E-state index contributed by atoms with van der Waals surface area (Å²) >= 11 is 0. The highest BCUT2D eigenvalue weighted by molar-refractivity contribution is 5.87. The van der Waals surface area contributed by atoms with Crippen LogP contribution in [0.3, 0.4) is 0 Å². The van der Waals surface area contributed by atoms with Gasteiger partial charge >= 0.3 is 6.09 Å². The Bertz CT molecular complexity index is 1300. The second-order valence-electron chi connectivity index (χ2n) is 9.61. The molecule has 36 heavy (non-hydrogen) atoms. The maximum absolute atomic E-state index is 12.4. The van der Waals surface area contributed by atoms with Crippen molar-refractivity contribution in [2.45, 2.75) is 32.1 Å². The van der Waals surface area contributed by atoms with E-state index in [1.54, 1.807) is 0 Å². The van der Waals surface area contributed by atoms with Gasteiger partial charge in [0, 0.05) is 16.8 Å². The smallest absolute Gasteiger partial charge is 0.412 e. The lowest BCUT2D eigenvalue weighted by molar-refractivity contribution is 0.0596. The number of ether oxygens (including phenoxy) is 2. The zero-order valence-electron chi connectivity index (χ0n) is 20.6. The Hall–Kier alpha value is -4.29. The zero-order valence-corrected chi connectivity index (χ0v) is 20.6. The van der Waals surface area contributed by atoms with E-state index in [0.29, 0.717) is 11.4 Å². The lowest BCUT2D eigenvalue weighted by atomic mass is 9.93. The van der Waals surface area contributed by atoms with Crippen molar-refractivity contribution < 1.29 is 14.3 Å². The molecule has 0 spiro atoms. The first-order chi connectivity index (χ1) is 17.3. The number of hydrazine groups is 1. The average molecular weight is 480 g/mol. The largest absolute Gasteiger partial charge is 0.460 e. The van der Waals surface area contributed by atoms with Crippen molar-refractivity contribution >= 4 is 23.2 Å². The van der Waals surface area contributed by atoms with Crippen LogP contribution in [0.4, 0.5) is 21.9 Å². The highest BCUT2D eigenvalue weighted by Crippen LogP contribution is 2.45. The number of hydrogen-bond acceptors (Lipinski definition) is 5. The van der Waals surface area contributed by atoms with Crippen LogP contribution in [0.1, 0.15) is 31.9 Å². The van der Waals surface area contributed by atoms with Gasteiger partial charge in [-0.15, -0.1) is 0 Å². The van der Waals surface area contributed by atoms with Crippen molar-refractivity contribution in [1.82, 2.24) is 5.43 Å². The number of benzene rings is 4. The Morgan fingerprint density at radius 2 is 1.39 bits per heavy atom. The minimum atomic E-state index is -0.981. The third kappa shape index (κ3) is 4.76. The maximum atomic E-state index is 12.4. The fourth-order valence-electron chi connectivity index (χ4n) is 4.22. The number of anilines is 3. The molecule has 1 amide bonds. The molecular formula is C30H29N3O3. The summed E-state index contributed by atoms with van der Waals surface area (Å²) in [7, 11) is 0. The highest BCUT2D eigenvalue weighted by Gasteiger charge is 2.43. The number of carbonyl (C=O) groups excluding carboxylic acids is 1. The molecule has 182 valence electrons. The van der Waals surface area contributed by atoms with Crippen LogP contribution >= 0.6 is 0 Å². The monoisotopic (exact) mass is 479 g/mol. The third-order valence-corrected chi connectivity index (χ3v) is 5.75. The van der Waals surface area contributed by atoms with E-state index in [4.69, 9.17) is 9.47 Å². The summed E-state index contributed by atoms with van der Waals surface area (Å²) < 4.78 is 12.2. The Morgan fingerprint density at radius 1 is 0.833 bits per heavy atom. The molecule has 0 atom stereocenters. The quantitative estimate of drug-likeness (QED) is 0.331. The predicted octanol–water partition coefficient (Wildman–Crippen LogP) is 6.97. The molecule has 2 N–H and O–H groups in total. The minimum Gasteiger partial charge on any atom is -0.460 e. The summed E-state index contributed by atoms with van der Waals surface area (Å²) in [4.78, 5) is 12.4. The van der Waals surface area contributed by atoms with E-state index in [2.05, 4.69) is 10.7 Å². The second kappa shape index (κ2) is 9.40. The van der Waals surface area contributed by atoms with Gasteiger partial charge in [0.2, 0.25) is 5.72 Å². The van der Waals surface area contributed by atoms with Gasteiger partial charge in [-0.05, 0) is 51.1 Å². The number of hydrogen-bond donors (Lipinski definition) is 2. The summed E-state index contributed by atoms with van der Waals surface area (Å²) in [5.41, 5.74) is 6.28. The molecule has 0 saturated heterocycles. The van der Waals surface area contributed by atoms with Crippen LogP contribution in [-0.2, 0) is 10.5 Å². The molecule has 4 aromatic rings. The molecule has 4 aromatic carbocycles. The van der Waals surface area contributed by atoms with Crippen LogP contribution in [0.5, 0.6) is 5.75 Å². The van der Waals surface area contributed by atoms with Crippen molar-refractivity contribution in [2.75, 3.05) is 10.3 Å². The molecule has 1 aliphatic heterocycles. The summed E-state index contributed by atoms with van der Waals surface area (Å²) in [6.07, 6.45) is -0.513. The average Bonchev–Trinajstić information content (AvgIpc) is 2.88. The van der Waals surface area contributed by atoms with Crippen LogP contribution in [-0.4, -0.2) is 11.7 Å². The van der Waals surface area contributed by atoms with Crippen molar-refractivity contribution in [1.29, 1.82) is 0 Å². The Balaban J connectivity index is 1.62. The van der Waals surface area contributed by atoms with E-state index in [1.807, 2.05) is 135 Å². The van der Waals surface area contributed by atoms with Gasteiger partial charge in [0.25, 0.3) is 0 Å². The van der Waals surface area contributed by atoms with Crippen LogP contribution < -0.4 is 20.5 Å². The number of nitrogens with zero attached hydrogens (tertiary/aromatic N) is 1.